The van der Waals surface area contributed by atoms with Crippen molar-refractivity contribution in [3.05, 3.63) is 73.4 Å². The zero-order valence-electron chi connectivity index (χ0n) is 18.7. The molecule has 1 heterocycles. The maximum absolute atomic E-state index is 12.5. The number of anilines is 1. The molecule has 0 saturated heterocycles. The first-order valence-corrected chi connectivity index (χ1v) is 13.2. The summed E-state index contributed by atoms with van der Waals surface area (Å²) in [5.41, 5.74) is 7.12. The van der Waals surface area contributed by atoms with Gasteiger partial charge in [0, 0.05) is 60.7 Å². The third-order valence-corrected chi connectivity index (χ3v) is 7.12. The van der Waals surface area contributed by atoms with E-state index in [1.54, 1.807) is 6.21 Å². The molecule has 0 fully saturated rings. The Bertz CT molecular complexity index is 1250. The Labute approximate surface area is 221 Å². The van der Waals surface area contributed by atoms with Gasteiger partial charge in [0.15, 0.2) is 0 Å². The molecule has 0 atom stereocenters. The third-order valence-electron chi connectivity index (χ3n) is 5.78. The molecule has 0 aliphatic rings. The van der Waals surface area contributed by atoms with Crippen molar-refractivity contribution < 1.29 is 4.79 Å². The fraction of sp³-hybridized carbons (Fsp3) is 0.231. The molecule has 0 unspecified atom stereocenters. The van der Waals surface area contributed by atoms with Crippen LogP contribution in [0.2, 0.25) is 0 Å². The van der Waals surface area contributed by atoms with Gasteiger partial charge >= 0.3 is 0 Å². The summed E-state index contributed by atoms with van der Waals surface area (Å²) in [6, 6.07) is 21.1. The number of halogens is 2. The van der Waals surface area contributed by atoms with Crippen LogP contribution in [0.3, 0.4) is 0 Å². The zero-order valence-corrected chi connectivity index (χ0v) is 23.0. The second-order valence-corrected chi connectivity index (χ2v) is 10.3. The van der Waals surface area contributed by atoms with Gasteiger partial charge < -0.3 is 9.47 Å². The first kappa shape index (κ1) is 24.0. The summed E-state index contributed by atoms with van der Waals surface area (Å²) in [5.74, 6) is -0.1000. The number of aromatic nitrogens is 1. The molecule has 33 heavy (non-hydrogen) atoms. The van der Waals surface area contributed by atoms with Gasteiger partial charge in [0.2, 0.25) is 5.91 Å². The minimum Gasteiger partial charge on any atom is -0.372 e. The number of rotatable bonds is 8. The van der Waals surface area contributed by atoms with Crippen LogP contribution in [-0.2, 0) is 11.3 Å². The monoisotopic (exact) mass is 664 g/mol. The predicted molar refractivity (Wildman–Crippen MR) is 155 cm³/mol. The van der Waals surface area contributed by atoms with E-state index in [0.717, 1.165) is 29.7 Å². The molecular formula is C26H26I2N4O. The van der Waals surface area contributed by atoms with E-state index in [1.165, 1.54) is 23.6 Å². The second kappa shape index (κ2) is 10.9. The smallest absolute Gasteiger partial charge is 0.241 e. The number of hydrazone groups is 1. The Morgan fingerprint density at radius 3 is 2.06 bits per heavy atom. The fourth-order valence-corrected chi connectivity index (χ4v) is 5.08. The third kappa shape index (κ3) is 5.51. The van der Waals surface area contributed by atoms with Crippen LogP contribution in [0.25, 0.3) is 21.8 Å². The van der Waals surface area contributed by atoms with Crippen LogP contribution in [0.4, 0.5) is 5.69 Å². The van der Waals surface area contributed by atoms with Gasteiger partial charge in [-0.3, -0.25) is 4.79 Å². The van der Waals surface area contributed by atoms with Gasteiger partial charge in [0.1, 0.15) is 0 Å². The van der Waals surface area contributed by atoms with Gasteiger partial charge in [-0.1, -0.05) is 12.1 Å². The Morgan fingerprint density at radius 2 is 1.52 bits per heavy atom. The maximum Gasteiger partial charge on any atom is 0.241 e. The summed E-state index contributed by atoms with van der Waals surface area (Å²) in [6.07, 6.45) is 2.04. The largest absolute Gasteiger partial charge is 0.372 e. The van der Waals surface area contributed by atoms with Crippen LogP contribution in [-0.4, -0.2) is 29.8 Å². The minimum absolute atomic E-state index is 0.1000. The van der Waals surface area contributed by atoms with Crippen molar-refractivity contribution in [1.82, 2.24) is 9.99 Å². The average Bonchev–Trinajstić information content (AvgIpc) is 3.11. The lowest BCUT2D eigenvalue weighted by atomic mass is 10.2. The predicted octanol–water partition coefficient (Wildman–Crippen LogP) is 6.39. The van der Waals surface area contributed by atoms with Crippen LogP contribution in [0.15, 0.2) is 65.8 Å². The second-order valence-electron chi connectivity index (χ2n) is 7.78. The van der Waals surface area contributed by atoms with E-state index >= 15 is 0 Å². The lowest BCUT2D eigenvalue weighted by Crippen LogP contribution is -2.21. The van der Waals surface area contributed by atoms with Crippen LogP contribution >= 0.6 is 45.2 Å². The molecule has 3 aromatic carbocycles. The molecule has 1 aromatic heterocycles. The van der Waals surface area contributed by atoms with Gasteiger partial charge in [0.25, 0.3) is 0 Å². The molecule has 0 aliphatic carbocycles. The van der Waals surface area contributed by atoms with E-state index in [1.807, 2.05) is 12.1 Å². The van der Waals surface area contributed by atoms with Crippen molar-refractivity contribution >= 4 is 84.8 Å². The van der Waals surface area contributed by atoms with Crippen LogP contribution in [0.5, 0.6) is 0 Å². The summed E-state index contributed by atoms with van der Waals surface area (Å²) in [4.78, 5) is 14.8. The van der Waals surface area contributed by atoms with Gasteiger partial charge in [-0.15, -0.1) is 0 Å². The SMILES string of the molecule is CCN(CC)c1ccc(/C=N/NC(=O)CCn2c3ccc(I)cc3c3cc(I)ccc32)cc1. The minimum atomic E-state index is -0.1000. The molecule has 5 nitrogen and oxygen atoms in total. The van der Waals surface area contributed by atoms with E-state index < -0.39 is 0 Å². The Morgan fingerprint density at radius 1 is 0.939 bits per heavy atom. The summed E-state index contributed by atoms with van der Waals surface area (Å²) >= 11 is 4.69. The molecular weight excluding hydrogens is 638 g/mol. The molecule has 4 rings (SSSR count). The molecule has 0 saturated carbocycles. The molecule has 0 radical (unpaired) electrons. The topological polar surface area (TPSA) is 49.6 Å². The normalized spacial score (nSPS) is 11.5. The Hall–Kier alpha value is -2.14. The van der Waals surface area contributed by atoms with E-state index in [0.29, 0.717) is 13.0 Å². The fourth-order valence-electron chi connectivity index (χ4n) is 4.10. The highest BCUT2D eigenvalue weighted by Gasteiger charge is 2.12. The quantitative estimate of drug-likeness (QED) is 0.135. The van der Waals surface area contributed by atoms with Gasteiger partial charge in [0.05, 0.1) is 6.21 Å². The maximum atomic E-state index is 12.5. The number of hydrogen-bond donors (Lipinski definition) is 1. The van der Waals surface area contributed by atoms with E-state index in [9.17, 15) is 4.79 Å². The lowest BCUT2D eigenvalue weighted by Gasteiger charge is -2.20. The lowest BCUT2D eigenvalue weighted by molar-refractivity contribution is -0.121. The molecule has 0 spiro atoms. The summed E-state index contributed by atoms with van der Waals surface area (Å²) in [7, 11) is 0. The first-order valence-electron chi connectivity index (χ1n) is 11.0. The summed E-state index contributed by atoms with van der Waals surface area (Å²) < 4.78 is 4.64. The summed E-state index contributed by atoms with van der Waals surface area (Å²) in [6.45, 7) is 6.85. The molecule has 4 aromatic rings. The number of carbonyl (C=O) groups excluding carboxylic acids is 1. The van der Waals surface area contributed by atoms with Gasteiger partial charge in [-0.25, -0.2) is 5.43 Å². The molecule has 0 aliphatic heterocycles. The standard InChI is InChI=1S/C26H26I2N4O/c1-3-31(4-2)21-9-5-18(6-10-21)17-29-30-26(33)13-14-32-24-11-7-19(27)15-22(24)23-16-20(28)8-12-25(23)32/h5-12,15-17H,3-4,13-14H2,1-2H3,(H,30,33)/b29-17+. The Balaban J connectivity index is 1.43. The van der Waals surface area contributed by atoms with Crippen molar-refractivity contribution in [2.75, 3.05) is 18.0 Å². The number of amides is 1. The van der Waals surface area contributed by atoms with Crippen molar-refractivity contribution in [2.24, 2.45) is 5.10 Å². The van der Waals surface area contributed by atoms with E-state index in [2.05, 4.69) is 128 Å². The van der Waals surface area contributed by atoms with Crippen LogP contribution in [0, 0.1) is 7.14 Å². The van der Waals surface area contributed by atoms with E-state index in [4.69, 9.17) is 0 Å². The highest BCUT2D eigenvalue weighted by Crippen LogP contribution is 2.31. The first-order chi connectivity index (χ1) is 16.0. The van der Waals surface area contributed by atoms with Crippen molar-refractivity contribution in [2.45, 2.75) is 26.8 Å². The van der Waals surface area contributed by atoms with Crippen LogP contribution in [0.1, 0.15) is 25.8 Å². The number of nitrogens with zero attached hydrogens (tertiary/aromatic N) is 3. The van der Waals surface area contributed by atoms with Crippen molar-refractivity contribution in [3.63, 3.8) is 0 Å². The number of fused-ring (bicyclic) bond motifs is 3. The molecule has 1 amide bonds. The van der Waals surface area contributed by atoms with Crippen LogP contribution < -0.4 is 10.3 Å². The van der Waals surface area contributed by atoms with Gasteiger partial charge in [-0.05, 0) is 113 Å². The molecule has 0 bridgehead atoms. The highest BCUT2D eigenvalue weighted by molar-refractivity contribution is 14.1. The highest BCUT2D eigenvalue weighted by atomic mass is 127. The number of benzene rings is 3. The van der Waals surface area contributed by atoms with E-state index in [-0.39, 0.29) is 5.91 Å². The molecule has 7 heteroatoms. The number of aryl methyl sites for hydroxylation is 1. The number of carbonyl (C=O) groups is 1. The van der Waals surface area contributed by atoms with Crippen molar-refractivity contribution in [3.8, 4) is 0 Å². The summed E-state index contributed by atoms with van der Waals surface area (Å²) in [5, 5.41) is 6.60. The number of hydrogen-bond acceptors (Lipinski definition) is 3. The molecule has 1 N–H and O–H groups in total. The Kier molecular flexibility index (Phi) is 7.90. The zero-order chi connectivity index (χ0) is 23.4. The van der Waals surface area contributed by atoms with Gasteiger partial charge in [-0.2, -0.15) is 5.10 Å². The molecule has 170 valence electrons. The average molecular weight is 664 g/mol. The van der Waals surface area contributed by atoms with Crippen molar-refractivity contribution in [1.29, 1.82) is 0 Å². The number of nitrogens with one attached hydrogen (secondary N) is 1.